The minimum absolute atomic E-state index is 0.0962. The van der Waals surface area contributed by atoms with Crippen LogP contribution in [0.5, 0.6) is 0 Å². The summed E-state index contributed by atoms with van der Waals surface area (Å²) in [7, 11) is 0. The summed E-state index contributed by atoms with van der Waals surface area (Å²) in [6.45, 7) is 2.23. The third-order valence-electron chi connectivity index (χ3n) is 3.60. The second-order valence-corrected chi connectivity index (χ2v) is 6.06. The van der Waals surface area contributed by atoms with Gasteiger partial charge in [0.25, 0.3) is 0 Å². The van der Waals surface area contributed by atoms with Gasteiger partial charge < -0.3 is 10.6 Å². The summed E-state index contributed by atoms with van der Waals surface area (Å²) >= 11 is 1.61. The Bertz CT molecular complexity index is 471. The van der Waals surface area contributed by atoms with E-state index in [1.165, 1.54) is 17.7 Å². The van der Waals surface area contributed by atoms with Gasteiger partial charge in [0, 0.05) is 16.6 Å². The lowest BCUT2D eigenvalue weighted by Crippen LogP contribution is -2.22. The van der Waals surface area contributed by atoms with Crippen molar-refractivity contribution in [1.29, 1.82) is 0 Å². The van der Waals surface area contributed by atoms with Gasteiger partial charge in [0.15, 0.2) is 0 Å². The van der Waals surface area contributed by atoms with E-state index in [2.05, 4.69) is 35.8 Å². The summed E-state index contributed by atoms with van der Waals surface area (Å²) in [5.74, 6) is 1.47. The Morgan fingerprint density at radius 2 is 2.33 bits per heavy atom. The molecule has 1 unspecified atom stereocenters. The minimum Gasteiger partial charge on any atom is -0.382 e. The number of nitrogens with one attached hydrogen (secondary N) is 2. The molecule has 3 rings (SSSR count). The largest absolute Gasteiger partial charge is 0.382 e. The molecular formula is C14H18N2OS. The maximum Gasteiger partial charge on any atom is 0.234 e. The highest BCUT2D eigenvalue weighted by molar-refractivity contribution is 8.00. The van der Waals surface area contributed by atoms with E-state index >= 15 is 0 Å². The molecule has 1 aliphatic carbocycles. The Hall–Kier alpha value is -1.16. The summed E-state index contributed by atoms with van der Waals surface area (Å²) in [5.41, 5.74) is 2.07. The van der Waals surface area contributed by atoms with Gasteiger partial charge in [-0.15, -0.1) is 11.8 Å². The van der Waals surface area contributed by atoms with Crippen molar-refractivity contribution in [2.24, 2.45) is 5.92 Å². The molecule has 1 aromatic rings. The predicted molar refractivity (Wildman–Crippen MR) is 76.2 cm³/mol. The molecule has 3 nitrogen and oxygen atoms in total. The van der Waals surface area contributed by atoms with E-state index in [9.17, 15) is 4.79 Å². The van der Waals surface area contributed by atoms with Crippen LogP contribution in [0.3, 0.4) is 0 Å². The van der Waals surface area contributed by atoms with Crippen molar-refractivity contribution in [1.82, 2.24) is 0 Å². The normalized spacial score (nSPS) is 19.9. The molecule has 1 heterocycles. The van der Waals surface area contributed by atoms with Crippen molar-refractivity contribution in [3.8, 4) is 0 Å². The van der Waals surface area contributed by atoms with Crippen LogP contribution in [0.4, 0.5) is 11.4 Å². The van der Waals surface area contributed by atoms with Gasteiger partial charge in [0.05, 0.1) is 11.4 Å². The molecule has 2 N–H and O–H groups in total. The van der Waals surface area contributed by atoms with Gasteiger partial charge in [0.2, 0.25) is 5.91 Å². The predicted octanol–water partition coefficient (Wildman–Crippen LogP) is 3.33. The van der Waals surface area contributed by atoms with Crippen LogP contribution >= 0.6 is 11.8 Å². The fourth-order valence-electron chi connectivity index (χ4n) is 2.44. The van der Waals surface area contributed by atoms with Gasteiger partial charge in [-0.05, 0) is 43.4 Å². The minimum atomic E-state index is 0.0962. The molecule has 1 aromatic carbocycles. The number of hydrogen-bond donors (Lipinski definition) is 2. The molecule has 1 fully saturated rings. The maximum atomic E-state index is 11.4. The van der Waals surface area contributed by atoms with Crippen molar-refractivity contribution >= 4 is 29.0 Å². The SMILES string of the molecule is CCC(Nc1ccc2c(c1)NC(=O)CS2)C1CC1. The lowest BCUT2D eigenvalue weighted by molar-refractivity contribution is -0.113. The van der Waals surface area contributed by atoms with E-state index in [1.807, 2.05) is 0 Å². The molecule has 0 saturated heterocycles. The van der Waals surface area contributed by atoms with Crippen molar-refractivity contribution in [2.75, 3.05) is 16.4 Å². The molecule has 0 aromatic heterocycles. The van der Waals surface area contributed by atoms with Gasteiger partial charge in [-0.1, -0.05) is 6.92 Å². The van der Waals surface area contributed by atoms with Gasteiger partial charge in [-0.25, -0.2) is 0 Å². The maximum absolute atomic E-state index is 11.4. The number of thioether (sulfide) groups is 1. The quantitative estimate of drug-likeness (QED) is 0.874. The van der Waals surface area contributed by atoms with Crippen molar-refractivity contribution in [3.05, 3.63) is 18.2 Å². The van der Waals surface area contributed by atoms with Crippen LogP contribution in [0.2, 0.25) is 0 Å². The number of benzene rings is 1. The van der Waals surface area contributed by atoms with Gasteiger partial charge in [-0.2, -0.15) is 0 Å². The molecule has 0 bridgehead atoms. The average molecular weight is 262 g/mol. The highest BCUT2D eigenvalue weighted by atomic mass is 32.2. The van der Waals surface area contributed by atoms with E-state index in [0.717, 1.165) is 23.7 Å². The van der Waals surface area contributed by atoms with Crippen LogP contribution < -0.4 is 10.6 Å². The topological polar surface area (TPSA) is 41.1 Å². The first kappa shape index (κ1) is 11.9. The first-order valence-corrected chi connectivity index (χ1v) is 7.58. The molecule has 18 heavy (non-hydrogen) atoms. The third kappa shape index (κ3) is 2.48. The molecule has 1 aliphatic heterocycles. The van der Waals surface area contributed by atoms with Gasteiger partial charge in [-0.3, -0.25) is 4.79 Å². The summed E-state index contributed by atoms with van der Waals surface area (Å²) in [5, 5.41) is 6.53. The Kier molecular flexibility index (Phi) is 3.20. The Balaban J connectivity index is 1.76. The van der Waals surface area contributed by atoms with Crippen molar-refractivity contribution in [2.45, 2.75) is 37.1 Å². The second-order valence-electron chi connectivity index (χ2n) is 5.04. The third-order valence-corrected chi connectivity index (χ3v) is 4.67. The average Bonchev–Trinajstić information content (AvgIpc) is 3.19. The van der Waals surface area contributed by atoms with Crippen LogP contribution in [0.1, 0.15) is 26.2 Å². The first-order chi connectivity index (χ1) is 8.76. The number of amides is 1. The summed E-state index contributed by atoms with van der Waals surface area (Å²) in [4.78, 5) is 12.5. The molecule has 0 spiro atoms. The van der Waals surface area contributed by atoms with Crippen molar-refractivity contribution in [3.63, 3.8) is 0 Å². The lowest BCUT2D eigenvalue weighted by Gasteiger charge is -2.21. The van der Waals surface area contributed by atoms with Crippen LogP contribution in [-0.4, -0.2) is 17.7 Å². The van der Waals surface area contributed by atoms with Crippen LogP contribution in [0.25, 0.3) is 0 Å². The number of hydrogen-bond acceptors (Lipinski definition) is 3. The van der Waals surface area contributed by atoms with Crippen LogP contribution in [0.15, 0.2) is 23.1 Å². The molecule has 1 atom stereocenters. The summed E-state index contributed by atoms with van der Waals surface area (Å²) in [6.07, 6.45) is 3.86. The van der Waals surface area contributed by atoms with E-state index in [4.69, 9.17) is 0 Å². The van der Waals surface area contributed by atoms with E-state index in [0.29, 0.717) is 11.8 Å². The first-order valence-electron chi connectivity index (χ1n) is 6.59. The summed E-state index contributed by atoms with van der Waals surface area (Å²) < 4.78 is 0. The standard InChI is InChI=1S/C14H18N2OS/c1-2-11(9-3-4-9)15-10-5-6-13-12(7-10)16-14(17)8-18-13/h5-7,9,11,15H,2-4,8H2,1H3,(H,16,17). The molecule has 1 amide bonds. The molecule has 0 radical (unpaired) electrons. The molecule has 96 valence electrons. The zero-order chi connectivity index (χ0) is 12.5. The van der Waals surface area contributed by atoms with Gasteiger partial charge in [0.1, 0.15) is 0 Å². The molecule has 4 heteroatoms. The Morgan fingerprint density at radius 3 is 3.06 bits per heavy atom. The van der Waals surface area contributed by atoms with Crippen LogP contribution in [-0.2, 0) is 4.79 Å². The number of carbonyl (C=O) groups is 1. The monoisotopic (exact) mass is 262 g/mol. The fraction of sp³-hybridized carbons (Fsp3) is 0.500. The summed E-state index contributed by atoms with van der Waals surface area (Å²) in [6, 6.07) is 6.86. The lowest BCUT2D eigenvalue weighted by atomic mass is 10.1. The zero-order valence-electron chi connectivity index (χ0n) is 10.5. The van der Waals surface area contributed by atoms with E-state index < -0.39 is 0 Å². The fourth-order valence-corrected chi connectivity index (χ4v) is 3.23. The Labute approximate surface area is 112 Å². The highest BCUT2D eigenvalue weighted by Crippen LogP contribution is 2.37. The second kappa shape index (κ2) is 4.84. The number of fused-ring (bicyclic) bond motifs is 1. The van der Waals surface area contributed by atoms with E-state index in [1.54, 1.807) is 11.8 Å². The highest BCUT2D eigenvalue weighted by Gasteiger charge is 2.29. The Morgan fingerprint density at radius 1 is 1.50 bits per heavy atom. The molecule has 1 saturated carbocycles. The number of anilines is 2. The van der Waals surface area contributed by atoms with Crippen molar-refractivity contribution < 1.29 is 4.79 Å². The molecular weight excluding hydrogens is 244 g/mol. The molecule has 2 aliphatic rings. The van der Waals surface area contributed by atoms with E-state index in [-0.39, 0.29) is 5.91 Å². The number of carbonyl (C=O) groups excluding carboxylic acids is 1. The van der Waals surface area contributed by atoms with Gasteiger partial charge >= 0.3 is 0 Å². The smallest absolute Gasteiger partial charge is 0.234 e. The van der Waals surface area contributed by atoms with Crippen LogP contribution in [0, 0.1) is 5.92 Å². The zero-order valence-corrected chi connectivity index (χ0v) is 11.3. The number of rotatable bonds is 4.